The molecule has 0 bridgehead atoms. The maximum absolute atomic E-state index is 12.9. The first kappa shape index (κ1) is 23.9. The summed E-state index contributed by atoms with van der Waals surface area (Å²) in [6.45, 7) is 3.88. The molecule has 0 radical (unpaired) electrons. The summed E-state index contributed by atoms with van der Waals surface area (Å²) in [5.41, 5.74) is 3.26. The number of urea groups is 1. The minimum atomic E-state index is -0.192. The highest BCUT2D eigenvalue weighted by atomic mass is 16.5. The Morgan fingerprint density at radius 3 is 2.24 bits per heavy atom. The van der Waals surface area contributed by atoms with Gasteiger partial charge in [0.2, 0.25) is 0 Å². The van der Waals surface area contributed by atoms with Crippen molar-refractivity contribution in [3.05, 3.63) is 90.0 Å². The summed E-state index contributed by atoms with van der Waals surface area (Å²) in [7, 11) is 0. The van der Waals surface area contributed by atoms with Gasteiger partial charge in [-0.2, -0.15) is 0 Å². The molecule has 3 aromatic carbocycles. The number of hydrogen-bond donors (Lipinski definition) is 3. The van der Waals surface area contributed by atoms with E-state index in [1.54, 1.807) is 0 Å². The number of benzene rings is 3. The molecule has 6 heteroatoms. The molecule has 0 saturated carbocycles. The molecule has 3 rings (SSSR count). The van der Waals surface area contributed by atoms with Crippen LogP contribution in [0, 0.1) is 0 Å². The van der Waals surface area contributed by atoms with Gasteiger partial charge in [0.1, 0.15) is 12.4 Å². The van der Waals surface area contributed by atoms with Crippen molar-refractivity contribution in [2.75, 3.05) is 19.7 Å². The summed E-state index contributed by atoms with van der Waals surface area (Å²) < 4.78 is 5.65. The standard InChI is InChI=1S/C27H31N3O3/c1-2-3-17-29-27(32)30-20-21-11-7-8-14-23(21)24-15-9-10-16-25(24)26(31)28-18-19-33-22-12-5-4-6-13-22/h4-16H,2-3,17-20H2,1H3,(H,28,31)(H2,29,30,32). The number of ether oxygens (including phenoxy) is 1. The van der Waals surface area contributed by atoms with Crippen LogP contribution < -0.4 is 20.7 Å². The second kappa shape index (κ2) is 12.9. The van der Waals surface area contributed by atoms with Gasteiger partial charge in [0.15, 0.2) is 0 Å². The van der Waals surface area contributed by atoms with Crippen molar-refractivity contribution in [2.24, 2.45) is 0 Å². The SMILES string of the molecule is CCCCNC(=O)NCc1ccccc1-c1ccccc1C(=O)NCCOc1ccccc1. The minimum absolute atomic E-state index is 0.165. The Morgan fingerprint density at radius 1 is 0.758 bits per heavy atom. The summed E-state index contributed by atoms with van der Waals surface area (Å²) in [4.78, 5) is 25.0. The third kappa shape index (κ3) is 7.38. The average Bonchev–Trinajstić information content (AvgIpc) is 2.86. The minimum Gasteiger partial charge on any atom is -0.492 e. The van der Waals surface area contributed by atoms with Gasteiger partial charge in [-0.3, -0.25) is 4.79 Å². The first-order valence-electron chi connectivity index (χ1n) is 11.3. The van der Waals surface area contributed by atoms with Gasteiger partial charge in [-0.25, -0.2) is 4.79 Å². The van der Waals surface area contributed by atoms with Crippen LogP contribution >= 0.6 is 0 Å². The summed E-state index contributed by atoms with van der Waals surface area (Å²) in [5.74, 6) is 0.606. The first-order chi connectivity index (χ1) is 16.2. The second-order valence-electron chi connectivity index (χ2n) is 7.58. The summed E-state index contributed by atoms with van der Waals surface area (Å²) in [5, 5.41) is 8.70. The Morgan fingerprint density at radius 2 is 1.45 bits per heavy atom. The summed E-state index contributed by atoms with van der Waals surface area (Å²) in [6, 6.07) is 24.6. The molecular weight excluding hydrogens is 414 g/mol. The predicted octanol–water partition coefficient (Wildman–Crippen LogP) is 4.76. The van der Waals surface area contributed by atoms with E-state index in [0.717, 1.165) is 35.3 Å². The van der Waals surface area contributed by atoms with Gasteiger partial charge in [0.25, 0.3) is 5.91 Å². The number of para-hydroxylation sites is 1. The molecule has 0 aromatic heterocycles. The molecule has 0 unspecified atom stereocenters. The van der Waals surface area contributed by atoms with Crippen LogP contribution in [0.4, 0.5) is 4.79 Å². The average molecular weight is 446 g/mol. The molecular formula is C27H31N3O3. The summed E-state index contributed by atoms with van der Waals surface area (Å²) >= 11 is 0. The monoisotopic (exact) mass is 445 g/mol. The lowest BCUT2D eigenvalue weighted by molar-refractivity contribution is 0.0947. The smallest absolute Gasteiger partial charge is 0.315 e. The van der Waals surface area contributed by atoms with Gasteiger partial charge in [0.05, 0.1) is 6.54 Å². The number of carbonyl (C=O) groups is 2. The normalized spacial score (nSPS) is 10.3. The van der Waals surface area contributed by atoms with Gasteiger partial charge in [-0.15, -0.1) is 0 Å². The molecule has 0 aliphatic rings. The number of unbranched alkanes of at least 4 members (excludes halogenated alkanes) is 1. The van der Waals surface area contributed by atoms with Crippen LogP contribution in [0.25, 0.3) is 11.1 Å². The molecule has 0 saturated heterocycles. The molecule has 3 aromatic rings. The maximum Gasteiger partial charge on any atom is 0.315 e. The molecule has 6 nitrogen and oxygen atoms in total. The topological polar surface area (TPSA) is 79.5 Å². The highest BCUT2D eigenvalue weighted by Crippen LogP contribution is 2.27. The zero-order valence-electron chi connectivity index (χ0n) is 19.0. The van der Waals surface area contributed by atoms with Crippen molar-refractivity contribution in [3.8, 4) is 16.9 Å². The lowest BCUT2D eigenvalue weighted by Gasteiger charge is -2.15. The van der Waals surface area contributed by atoms with E-state index in [1.165, 1.54) is 0 Å². The number of hydrogen-bond acceptors (Lipinski definition) is 3. The fourth-order valence-electron chi connectivity index (χ4n) is 3.42. The molecule has 0 heterocycles. The van der Waals surface area contributed by atoms with Gasteiger partial charge in [-0.05, 0) is 41.3 Å². The van der Waals surface area contributed by atoms with Crippen molar-refractivity contribution in [2.45, 2.75) is 26.3 Å². The molecule has 172 valence electrons. The van der Waals surface area contributed by atoms with Crippen molar-refractivity contribution in [3.63, 3.8) is 0 Å². The van der Waals surface area contributed by atoms with Crippen LogP contribution in [-0.2, 0) is 6.54 Å². The van der Waals surface area contributed by atoms with E-state index in [9.17, 15) is 9.59 Å². The van der Waals surface area contributed by atoms with E-state index in [1.807, 2.05) is 78.9 Å². The number of rotatable bonds is 11. The maximum atomic E-state index is 12.9. The van der Waals surface area contributed by atoms with Crippen LogP contribution in [0.3, 0.4) is 0 Å². The van der Waals surface area contributed by atoms with Crippen molar-refractivity contribution >= 4 is 11.9 Å². The fourth-order valence-corrected chi connectivity index (χ4v) is 3.42. The number of carbonyl (C=O) groups excluding carboxylic acids is 2. The zero-order chi connectivity index (χ0) is 23.3. The molecule has 0 spiro atoms. The predicted molar refractivity (Wildman–Crippen MR) is 131 cm³/mol. The van der Waals surface area contributed by atoms with Gasteiger partial charge >= 0.3 is 6.03 Å². The van der Waals surface area contributed by atoms with Crippen molar-refractivity contribution in [1.29, 1.82) is 0 Å². The van der Waals surface area contributed by atoms with E-state index in [4.69, 9.17) is 4.74 Å². The van der Waals surface area contributed by atoms with E-state index in [0.29, 0.717) is 31.8 Å². The van der Waals surface area contributed by atoms with Gasteiger partial charge in [-0.1, -0.05) is 74.0 Å². The van der Waals surface area contributed by atoms with Gasteiger partial charge < -0.3 is 20.7 Å². The largest absolute Gasteiger partial charge is 0.492 e. The molecule has 3 amide bonds. The molecule has 0 aliphatic heterocycles. The third-order valence-electron chi connectivity index (χ3n) is 5.13. The lowest BCUT2D eigenvalue weighted by Crippen LogP contribution is -2.35. The number of nitrogens with one attached hydrogen (secondary N) is 3. The van der Waals surface area contributed by atoms with E-state index in [2.05, 4.69) is 22.9 Å². The van der Waals surface area contributed by atoms with Crippen LogP contribution in [0.1, 0.15) is 35.7 Å². The number of amides is 3. The molecule has 0 aliphatic carbocycles. The van der Waals surface area contributed by atoms with Crippen molar-refractivity contribution in [1.82, 2.24) is 16.0 Å². The van der Waals surface area contributed by atoms with Crippen LogP contribution in [0.5, 0.6) is 5.75 Å². The van der Waals surface area contributed by atoms with Crippen molar-refractivity contribution < 1.29 is 14.3 Å². The summed E-state index contributed by atoms with van der Waals surface area (Å²) in [6.07, 6.45) is 1.98. The molecule has 33 heavy (non-hydrogen) atoms. The fraction of sp³-hybridized carbons (Fsp3) is 0.259. The lowest BCUT2D eigenvalue weighted by atomic mass is 9.95. The Bertz CT molecular complexity index is 1040. The first-order valence-corrected chi connectivity index (χ1v) is 11.3. The van der Waals surface area contributed by atoms with Crippen LogP contribution in [-0.4, -0.2) is 31.6 Å². The van der Waals surface area contributed by atoms with E-state index in [-0.39, 0.29) is 11.9 Å². The van der Waals surface area contributed by atoms with Gasteiger partial charge in [0, 0.05) is 18.7 Å². The Hall–Kier alpha value is -3.80. The highest BCUT2D eigenvalue weighted by molar-refractivity contribution is 6.01. The Labute approximate surface area is 195 Å². The van der Waals surface area contributed by atoms with Crippen LogP contribution in [0.15, 0.2) is 78.9 Å². The molecule has 0 atom stereocenters. The van der Waals surface area contributed by atoms with E-state index >= 15 is 0 Å². The van der Waals surface area contributed by atoms with E-state index < -0.39 is 0 Å². The molecule has 3 N–H and O–H groups in total. The Balaban J connectivity index is 1.64. The molecule has 0 fully saturated rings. The second-order valence-corrected chi connectivity index (χ2v) is 7.58. The highest BCUT2D eigenvalue weighted by Gasteiger charge is 2.15. The quantitative estimate of drug-likeness (QED) is 0.372. The third-order valence-corrected chi connectivity index (χ3v) is 5.13. The Kier molecular flexibility index (Phi) is 9.33. The van der Waals surface area contributed by atoms with Crippen LogP contribution in [0.2, 0.25) is 0 Å². The zero-order valence-corrected chi connectivity index (χ0v) is 19.0.